The molecule has 0 radical (unpaired) electrons. The van der Waals surface area contributed by atoms with Crippen LogP contribution in [0.1, 0.15) is 31.4 Å². The molecule has 1 aliphatic rings. The molecule has 17 heavy (non-hydrogen) atoms. The average molecular weight is 252 g/mol. The van der Waals surface area contributed by atoms with Crippen LogP contribution >= 0.6 is 11.8 Å². The Morgan fingerprint density at radius 3 is 2.71 bits per heavy atom. The lowest BCUT2D eigenvalue weighted by Crippen LogP contribution is -2.37. The van der Waals surface area contributed by atoms with E-state index in [1.165, 1.54) is 12.8 Å². The van der Waals surface area contributed by atoms with Gasteiger partial charge >= 0.3 is 0 Å². The fourth-order valence-corrected chi connectivity index (χ4v) is 2.74. The number of rotatable bonds is 4. The molecular formula is C12H20N4S. The van der Waals surface area contributed by atoms with Gasteiger partial charge in [0.25, 0.3) is 0 Å². The SMILES string of the molecule is CSc1nccnc1CNC1CCC(N)CC1. The van der Waals surface area contributed by atoms with Crippen LogP contribution in [0.3, 0.4) is 0 Å². The lowest BCUT2D eigenvalue weighted by molar-refractivity contribution is 0.340. The van der Waals surface area contributed by atoms with Crippen LogP contribution in [0.25, 0.3) is 0 Å². The summed E-state index contributed by atoms with van der Waals surface area (Å²) >= 11 is 1.65. The van der Waals surface area contributed by atoms with Crippen LogP contribution in [0.2, 0.25) is 0 Å². The minimum atomic E-state index is 0.409. The summed E-state index contributed by atoms with van der Waals surface area (Å²) < 4.78 is 0. The van der Waals surface area contributed by atoms with E-state index in [-0.39, 0.29) is 0 Å². The predicted molar refractivity (Wildman–Crippen MR) is 70.9 cm³/mol. The monoisotopic (exact) mass is 252 g/mol. The Bertz CT molecular complexity index is 350. The van der Waals surface area contributed by atoms with Crippen LogP contribution in [-0.2, 0) is 6.54 Å². The minimum absolute atomic E-state index is 0.409. The summed E-state index contributed by atoms with van der Waals surface area (Å²) in [6, 6.07) is 0.998. The van der Waals surface area contributed by atoms with Crippen molar-refractivity contribution in [3.8, 4) is 0 Å². The third-order valence-corrected chi connectivity index (χ3v) is 3.99. The average Bonchev–Trinajstić information content (AvgIpc) is 2.38. The summed E-state index contributed by atoms with van der Waals surface area (Å²) in [5, 5.41) is 4.58. The van der Waals surface area contributed by atoms with E-state index in [9.17, 15) is 0 Å². The number of nitrogens with one attached hydrogen (secondary N) is 1. The van der Waals surface area contributed by atoms with E-state index < -0.39 is 0 Å². The summed E-state index contributed by atoms with van der Waals surface area (Å²) in [7, 11) is 0. The van der Waals surface area contributed by atoms with E-state index in [2.05, 4.69) is 15.3 Å². The second kappa shape index (κ2) is 6.33. The molecule has 3 N–H and O–H groups in total. The van der Waals surface area contributed by atoms with Crippen LogP contribution in [0.4, 0.5) is 0 Å². The molecule has 4 nitrogen and oxygen atoms in total. The molecule has 0 spiro atoms. The van der Waals surface area contributed by atoms with Crippen LogP contribution in [0.5, 0.6) is 0 Å². The van der Waals surface area contributed by atoms with Gasteiger partial charge in [-0.1, -0.05) is 0 Å². The van der Waals surface area contributed by atoms with Crippen molar-refractivity contribution < 1.29 is 0 Å². The largest absolute Gasteiger partial charge is 0.328 e. The second-order valence-electron chi connectivity index (χ2n) is 4.50. The molecule has 0 aliphatic heterocycles. The van der Waals surface area contributed by atoms with Gasteiger partial charge < -0.3 is 11.1 Å². The Morgan fingerprint density at radius 1 is 1.29 bits per heavy atom. The van der Waals surface area contributed by atoms with Crippen LogP contribution in [0.15, 0.2) is 17.4 Å². The van der Waals surface area contributed by atoms with E-state index in [1.54, 1.807) is 24.2 Å². The Balaban J connectivity index is 1.85. The van der Waals surface area contributed by atoms with Gasteiger partial charge in [-0.2, -0.15) is 0 Å². The Kier molecular flexibility index (Phi) is 4.76. The normalized spacial score (nSPS) is 24.8. The molecule has 2 rings (SSSR count). The maximum atomic E-state index is 5.90. The van der Waals surface area contributed by atoms with Crippen LogP contribution in [-0.4, -0.2) is 28.3 Å². The molecule has 0 unspecified atom stereocenters. The Morgan fingerprint density at radius 2 is 2.00 bits per heavy atom. The maximum absolute atomic E-state index is 5.90. The molecule has 94 valence electrons. The fraction of sp³-hybridized carbons (Fsp3) is 0.667. The third kappa shape index (κ3) is 3.66. The first kappa shape index (κ1) is 12.8. The van der Waals surface area contributed by atoms with Crippen LogP contribution in [0, 0.1) is 0 Å². The van der Waals surface area contributed by atoms with Gasteiger partial charge in [-0.25, -0.2) is 4.98 Å². The molecule has 1 heterocycles. The molecule has 5 heteroatoms. The summed E-state index contributed by atoms with van der Waals surface area (Å²) in [5.41, 5.74) is 6.95. The molecule has 1 fully saturated rings. The van der Waals surface area contributed by atoms with Crippen molar-refractivity contribution in [1.29, 1.82) is 0 Å². The molecule has 0 aromatic carbocycles. The topological polar surface area (TPSA) is 63.8 Å². The van der Waals surface area contributed by atoms with Gasteiger partial charge in [-0.05, 0) is 31.9 Å². The molecule has 0 atom stereocenters. The van der Waals surface area contributed by atoms with Crippen molar-refractivity contribution in [2.75, 3.05) is 6.26 Å². The number of nitrogens with zero attached hydrogens (tertiary/aromatic N) is 2. The molecular weight excluding hydrogens is 232 g/mol. The Hall–Kier alpha value is -0.650. The van der Waals surface area contributed by atoms with Gasteiger partial charge in [0.05, 0.1) is 5.69 Å². The molecule has 1 aromatic heterocycles. The van der Waals surface area contributed by atoms with Gasteiger partial charge in [0, 0.05) is 31.0 Å². The summed E-state index contributed by atoms with van der Waals surface area (Å²) in [5.74, 6) is 0. The Labute approximate surface area is 107 Å². The molecule has 1 aliphatic carbocycles. The van der Waals surface area contributed by atoms with Gasteiger partial charge in [0.1, 0.15) is 5.03 Å². The van der Waals surface area contributed by atoms with Gasteiger partial charge in [0.2, 0.25) is 0 Å². The first-order chi connectivity index (χ1) is 8.29. The third-order valence-electron chi connectivity index (χ3n) is 3.26. The number of nitrogens with two attached hydrogens (primary N) is 1. The van der Waals surface area contributed by atoms with Crippen molar-refractivity contribution in [3.63, 3.8) is 0 Å². The predicted octanol–water partition coefficient (Wildman–Crippen LogP) is 1.56. The molecule has 0 saturated heterocycles. The zero-order valence-corrected chi connectivity index (χ0v) is 11.0. The fourth-order valence-electron chi connectivity index (χ4n) is 2.21. The minimum Gasteiger partial charge on any atom is -0.328 e. The highest BCUT2D eigenvalue weighted by atomic mass is 32.2. The number of aromatic nitrogens is 2. The summed E-state index contributed by atoms with van der Waals surface area (Å²) in [6.07, 6.45) is 10.2. The molecule has 1 saturated carbocycles. The molecule has 1 aromatic rings. The number of hydrogen-bond donors (Lipinski definition) is 2. The lowest BCUT2D eigenvalue weighted by atomic mass is 9.92. The molecule has 0 amide bonds. The summed E-state index contributed by atoms with van der Waals surface area (Å²) in [6.45, 7) is 0.809. The van der Waals surface area contributed by atoms with E-state index in [0.29, 0.717) is 12.1 Å². The van der Waals surface area contributed by atoms with E-state index in [4.69, 9.17) is 5.73 Å². The lowest BCUT2D eigenvalue weighted by Gasteiger charge is -2.26. The maximum Gasteiger partial charge on any atom is 0.119 e. The highest BCUT2D eigenvalue weighted by Gasteiger charge is 2.18. The quantitative estimate of drug-likeness (QED) is 0.796. The summed E-state index contributed by atoms with van der Waals surface area (Å²) in [4.78, 5) is 8.69. The highest BCUT2D eigenvalue weighted by molar-refractivity contribution is 7.98. The second-order valence-corrected chi connectivity index (χ2v) is 5.30. The number of thioether (sulfide) groups is 1. The first-order valence-corrected chi connectivity index (χ1v) is 7.35. The van der Waals surface area contributed by atoms with Crippen molar-refractivity contribution in [1.82, 2.24) is 15.3 Å². The zero-order valence-electron chi connectivity index (χ0n) is 10.2. The van der Waals surface area contributed by atoms with E-state index >= 15 is 0 Å². The van der Waals surface area contributed by atoms with Crippen molar-refractivity contribution in [3.05, 3.63) is 18.1 Å². The van der Waals surface area contributed by atoms with Crippen molar-refractivity contribution >= 4 is 11.8 Å². The van der Waals surface area contributed by atoms with Gasteiger partial charge in [0.15, 0.2) is 0 Å². The standard InChI is InChI=1S/C12H20N4S/c1-17-12-11(14-6-7-15-12)8-16-10-4-2-9(13)3-5-10/h6-7,9-10,16H,2-5,8,13H2,1H3. The van der Waals surface area contributed by atoms with E-state index in [0.717, 1.165) is 30.1 Å². The van der Waals surface area contributed by atoms with Crippen molar-refractivity contribution in [2.45, 2.75) is 49.3 Å². The van der Waals surface area contributed by atoms with Gasteiger partial charge in [-0.3, -0.25) is 4.98 Å². The smallest absolute Gasteiger partial charge is 0.119 e. The van der Waals surface area contributed by atoms with Gasteiger partial charge in [-0.15, -0.1) is 11.8 Å². The van der Waals surface area contributed by atoms with E-state index in [1.807, 2.05) is 6.26 Å². The zero-order chi connectivity index (χ0) is 12.1. The number of hydrogen-bond acceptors (Lipinski definition) is 5. The molecule has 0 bridgehead atoms. The van der Waals surface area contributed by atoms with Crippen LogP contribution < -0.4 is 11.1 Å². The first-order valence-electron chi connectivity index (χ1n) is 6.12. The van der Waals surface area contributed by atoms with Crippen molar-refractivity contribution in [2.24, 2.45) is 5.73 Å². The highest BCUT2D eigenvalue weighted by Crippen LogP contribution is 2.19.